The highest BCUT2D eigenvalue weighted by molar-refractivity contribution is 5.98. The lowest BCUT2D eigenvalue weighted by Crippen LogP contribution is -2.37. The molecule has 2 fully saturated rings. The highest BCUT2D eigenvalue weighted by atomic mass is 19.1. The third-order valence-corrected chi connectivity index (χ3v) is 4.78. The van der Waals surface area contributed by atoms with Crippen LogP contribution < -0.4 is 15.1 Å². The third kappa shape index (κ3) is 4.85. The molecule has 0 aromatic heterocycles. The van der Waals surface area contributed by atoms with Crippen molar-refractivity contribution in [1.29, 1.82) is 0 Å². The van der Waals surface area contributed by atoms with Crippen molar-refractivity contribution in [1.82, 2.24) is 10.2 Å². The van der Waals surface area contributed by atoms with E-state index in [0.29, 0.717) is 36.5 Å². The molecule has 1 aromatic rings. The standard InChI is InChI=1S/C20H25FN4O4/c1-13(26)22-9-16-12-25(20(28)29-16)15-4-5-18(17(21)8-15)24-7-6-19(27)14(11-24)10-23(2)3/h4-5,8,10,16H,6-7,9,11-12H2,1-3H3,(H,22,26)/b14-10+. The summed E-state index contributed by atoms with van der Waals surface area (Å²) in [5.41, 5.74) is 1.40. The fraction of sp³-hybridized carbons (Fsp3) is 0.450. The predicted octanol–water partition coefficient (Wildman–Crippen LogP) is 1.51. The number of piperidine rings is 1. The Labute approximate surface area is 168 Å². The summed E-state index contributed by atoms with van der Waals surface area (Å²) < 4.78 is 20.1. The van der Waals surface area contributed by atoms with Gasteiger partial charge in [0.05, 0.1) is 24.5 Å². The Morgan fingerprint density at radius 2 is 2.14 bits per heavy atom. The Balaban J connectivity index is 1.73. The third-order valence-electron chi connectivity index (χ3n) is 4.78. The zero-order chi connectivity index (χ0) is 21.1. The number of hydrogen-bond donors (Lipinski definition) is 1. The molecule has 0 radical (unpaired) electrons. The molecule has 3 rings (SSSR count). The van der Waals surface area contributed by atoms with Gasteiger partial charge in [0.1, 0.15) is 11.9 Å². The van der Waals surface area contributed by atoms with E-state index in [-0.39, 0.29) is 24.8 Å². The van der Waals surface area contributed by atoms with Crippen LogP contribution in [0.25, 0.3) is 0 Å². The first-order valence-electron chi connectivity index (χ1n) is 9.42. The Bertz CT molecular complexity index is 855. The predicted molar refractivity (Wildman–Crippen MR) is 106 cm³/mol. The van der Waals surface area contributed by atoms with E-state index in [4.69, 9.17) is 4.74 Å². The number of amides is 2. The molecule has 2 aliphatic rings. The van der Waals surface area contributed by atoms with Crippen LogP contribution in [0.4, 0.5) is 20.6 Å². The van der Waals surface area contributed by atoms with E-state index in [1.807, 2.05) is 19.0 Å². The maximum atomic E-state index is 14.9. The van der Waals surface area contributed by atoms with Gasteiger partial charge < -0.3 is 19.9 Å². The SMILES string of the molecule is CC(=O)NCC1CN(c2ccc(N3CCC(=O)/C(=C/N(C)C)C3)c(F)c2)C(=O)O1. The lowest BCUT2D eigenvalue weighted by atomic mass is 10.0. The van der Waals surface area contributed by atoms with Crippen molar-refractivity contribution in [3.63, 3.8) is 0 Å². The Hall–Kier alpha value is -3.10. The second-order valence-electron chi connectivity index (χ2n) is 7.40. The molecule has 1 unspecified atom stereocenters. The summed E-state index contributed by atoms with van der Waals surface area (Å²) in [6, 6.07) is 4.57. The number of ether oxygens (including phenoxy) is 1. The fourth-order valence-electron chi connectivity index (χ4n) is 3.42. The van der Waals surface area contributed by atoms with Crippen LogP contribution in [0.15, 0.2) is 30.0 Å². The van der Waals surface area contributed by atoms with Crippen LogP contribution in [-0.2, 0) is 14.3 Å². The monoisotopic (exact) mass is 404 g/mol. The number of benzene rings is 1. The summed E-state index contributed by atoms with van der Waals surface area (Å²) in [5, 5.41) is 2.60. The van der Waals surface area contributed by atoms with Gasteiger partial charge in [-0.15, -0.1) is 0 Å². The summed E-state index contributed by atoms with van der Waals surface area (Å²) in [7, 11) is 3.67. The number of hydrogen-bond acceptors (Lipinski definition) is 6. The van der Waals surface area contributed by atoms with Gasteiger partial charge in [-0.05, 0) is 18.2 Å². The van der Waals surface area contributed by atoms with Gasteiger partial charge in [0.15, 0.2) is 5.78 Å². The highest BCUT2D eigenvalue weighted by Crippen LogP contribution is 2.29. The Morgan fingerprint density at radius 3 is 2.79 bits per heavy atom. The van der Waals surface area contributed by atoms with Crippen LogP contribution in [-0.4, -0.2) is 69.1 Å². The van der Waals surface area contributed by atoms with Gasteiger partial charge in [-0.25, -0.2) is 9.18 Å². The molecule has 2 saturated heterocycles. The van der Waals surface area contributed by atoms with Crippen LogP contribution >= 0.6 is 0 Å². The van der Waals surface area contributed by atoms with Crippen LogP contribution in [0, 0.1) is 5.82 Å². The minimum Gasteiger partial charge on any atom is -0.442 e. The van der Waals surface area contributed by atoms with Gasteiger partial charge in [-0.1, -0.05) is 0 Å². The van der Waals surface area contributed by atoms with E-state index in [9.17, 15) is 18.8 Å². The zero-order valence-electron chi connectivity index (χ0n) is 16.8. The molecule has 0 aliphatic carbocycles. The topological polar surface area (TPSA) is 82.2 Å². The quantitative estimate of drug-likeness (QED) is 0.750. The number of nitrogens with zero attached hydrogens (tertiary/aromatic N) is 3. The number of carbonyl (C=O) groups excluding carboxylic acids is 3. The molecular weight excluding hydrogens is 379 g/mol. The van der Waals surface area contributed by atoms with Gasteiger partial charge in [-0.3, -0.25) is 14.5 Å². The molecule has 1 N–H and O–H groups in total. The average molecular weight is 404 g/mol. The molecule has 9 heteroatoms. The molecule has 1 aromatic carbocycles. The first kappa shape index (κ1) is 20.6. The normalized spacial score (nSPS) is 20.8. The first-order chi connectivity index (χ1) is 13.7. The summed E-state index contributed by atoms with van der Waals surface area (Å²) in [6.45, 7) is 2.59. The Morgan fingerprint density at radius 1 is 1.38 bits per heavy atom. The van der Waals surface area contributed by atoms with Crippen LogP contribution in [0.5, 0.6) is 0 Å². The molecule has 2 aliphatic heterocycles. The minimum atomic E-state index is -0.577. The van der Waals surface area contributed by atoms with Gasteiger partial charge in [0.25, 0.3) is 0 Å². The van der Waals surface area contributed by atoms with Crippen LogP contribution in [0.3, 0.4) is 0 Å². The van der Waals surface area contributed by atoms with E-state index < -0.39 is 18.0 Å². The number of carbonyl (C=O) groups is 3. The van der Waals surface area contributed by atoms with E-state index in [2.05, 4.69) is 5.32 Å². The van der Waals surface area contributed by atoms with Crippen molar-refractivity contribution in [3.05, 3.63) is 35.8 Å². The number of ketones is 1. The molecule has 8 nitrogen and oxygen atoms in total. The zero-order valence-corrected chi connectivity index (χ0v) is 16.8. The summed E-state index contributed by atoms with van der Waals surface area (Å²) >= 11 is 0. The van der Waals surface area contributed by atoms with E-state index >= 15 is 0 Å². The van der Waals surface area contributed by atoms with Gasteiger partial charge in [0.2, 0.25) is 5.91 Å². The number of halogens is 1. The lowest BCUT2D eigenvalue weighted by Gasteiger charge is -2.31. The van der Waals surface area contributed by atoms with Crippen molar-refractivity contribution in [2.75, 3.05) is 50.1 Å². The summed E-state index contributed by atoms with van der Waals surface area (Å²) in [4.78, 5) is 40.2. The van der Waals surface area contributed by atoms with Gasteiger partial charge in [0, 0.05) is 52.3 Å². The summed E-state index contributed by atoms with van der Waals surface area (Å²) in [5.74, 6) is -0.617. The lowest BCUT2D eigenvalue weighted by molar-refractivity contribution is -0.119. The summed E-state index contributed by atoms with van der Waals surface area (Å²) in [6.07, 6.45) is 1.02. The first-order valence-corrected chi connectivity index (χ1v) is 9.42. The molecule has 156 valence electrons. The highest BCUT2D eigenvalue weighted by Gasteiger charge is 2.33. The smallest absolute Gasteiger partial charge is 0.414 e. The van der Waals surface area contributed by atoms with Gasteiger partial charge >= 0.3 is 6.09 Å². The number of Topliss-reactive ketones (excluding diaryl/α,β-unsaturated/α-hetero) is 1. The van der Waals surface area contributed by atoms with E-state index in [1.165, 1.54) is 17.9 Å². The molecule has 0 bridgehead atoms. The average Bonchev–Trinajstić information content (AvgIpc) is 3.02. The molecule has 1 atom stereocenters. The maximum Gasteiger partial charge on any atom is 0.414 e. The maximum absolute atomic E-state index is 14.9. The fourth-order valence-corrected chi connectivity index (χ4v) is 3.42. The number of cyclic esters (lactones) is 1. The van der Waals surface area contributed by atoms with Crippen molar-refractivity contribution >= 4 is 29.2 Å². The van der Waals surface area contributed by atoms with Crippen molar-refractivity contribution in [2.24, 2.45) is 0 Å². The Kier molecular flexibility index (Phi) is 6.05. The second-order valence-corrected chi connectivity index (χ2v) is 7.40. The van der Waals surface area contributed by atoms with Crippen molar-refractivity contribution in [2.45, 2.75) is 19.4 Å². The second kappa shape index (κ2) is 8.50. The number of anilines is 2. The van der Waals surface area contributed by atoms with Crippen molar-refractivity contribution in [3.8, 4) is 0 Å². The molecule has 2 amide bonds. The van der Waals surface area contributed by atoms with Crippen LogP contribution in [0.1, 0.15) is 13.3 Å². The largest absolute Gasteiger partial charge is 0.442 e. The molecule has 29 heavy (non-hydrogen) atoms. The van der Waals surface area contributed by atoms with E-state index in [0.717, 1.165) is 0 Å². The van der Waals surface area contributed by atoms with Crippen LogP contribution in [0.2, 0.25) is 0 Å². The molecule has 2 heterocycles. The molecular formula is C20H25FN4O4. The molecule has 0 saturated carbocycles. The van der Waals surface area contributed by atoms with Gasteiger partial charge in [-0.2, -0.15) is 0 Å². The minimum absolute atomic E-state index is 0.0667. The van der Waals surface area contributed by atoms with Crippen molar-refractivity contribution < 1.29 is 23.5 Å². The number of nitrogens with one attached hydrogen (secondary N) is 1. The van der Waals surface area contributed by atoms with E-state index in [1.54, 1.807) is 23.2 Å². The number of rotatable bonds is 5. The molecule has 0 spiro atoms.